The molecule has 0 heterocycles. The maximum Gasteiger partial charge on any atom is 0.000759 e. The largest absolute Gasteiger partial charge is 0.316 e. The van der Waals surface area contributed by atoms with Gasteiger partial charge in [0.2, 0.25) is 0 Å². The van der Waals surface area contributed by atoms with Gasteiger partial charge in [0.25, 0.3) is 0 Å². The molecule has 0 rings (SSSR count). The van der Waals surface area contributed by atoms with Crippen molar-refractivity contribution in [2.75, 3.05) is 13.1 Å². The van der Waals surface area contributed by atoms with Gasteiger partial charge in [-0.3, -0.25) is 0 Å². The van der Waals surface area contributed by atoms with Gasteiger partial charge < -0.3 is 5.32 Å². The summed E-state index contributed by atoms with van der Waals surface area (Å²) in [7, 11) is 0. The molecule has 1 nitrogen and oxygen atoms in total. The Labute approximate surface area is 110 Å². The van der Waals surface area contributed by atoms with Crippen molar-refractivity contribution in [3.8, 4) is 0 Å². The van der Waals surface area contributed by atoms with Gasteiger partial charge >= 0.3 is 0 Å². The van der Waals surface area contributed by atoms with E-state index in [1.807, 2.05) is 0 Å². The van der Waals surface area contributed by atoms with Crippen molar-refractivity contribution >= 4 is 0 Å². The fourth-order valence-corrected chi connectivity index (χ4v) is 2.65. The minimum atomic E-state index is 0.583. The van der Waals surface area contributed by atoms with E-state index in [1.165, 1.54) is 64.3 Å². The van der Waals surface area contributed by atoms with E-state index in [2.05, 4.69) is 33.0 Å². The van der Waals surface area contributed by atoms with E-state index in [0.717, 1.165) is 6.54 Å². The Morgan fingerprint density at radius 1 is 0.765 bits per heavy atom. The van der Waals surface area contributed by atoms with Crippen LogP contribution in [0.5, 0.6) is 0 Å². The standard InChI is InChI=1S/C16H35N/c1-5-9-11-12-14-16(7-3,13-10-6-2)15-17-8-4/h17H,5-15H2,1-4H3. The zero-order valence-electron chi connectivity index (χ0n) is 12.8. The third kappa shape index (κ3) is 7.81. The molecule has 0 saturated carbocycles. The van der Waals surface area contributed by atoms with E-state index >= 15 is 0 Å². The normalized spacial score (nSPS) is 14.8. The maximum absolute atomic E-state index is 3.59. The summed E-state index contributed by atoms with van der Waals surface area (Å²) in [6.07, 6.45) is 12.5. The van der Waals surface area contributed by atoms with Crippen LogP contribution in [-0.2, 0) is 0 Å². The van der Waals surface area contributed by atoms with E-state index in [-0.39, 0.29) is 0 Å². The third-order valence-corrected chi connectivity index (χ3v) is 4.12. The van der Waals surface area contributed by atoms with Crippen LogP contribution in [0.1, 0.15) is 85.5 Å². The quantitative estimate of drug-likeness (QED) is 0.466. The van der Waals surface area contributed by atoms with Crippen molar-refractivity contribution in [1.82, 2.24) is 5.32 Å². The van der Waals surface area contributed by atoms with Gasteiger partial charge in [-0.05, 0) is 31.2 Å². The molecule has 104 valence electrons. The van der Waals surface area contributed by atoms with Crippen LogP contribution in [-0.4, -0.2) is 13.1 Å². The number of nitrogens with one attached hydrogen (secondary N) is 1. The Hall–Kier alpha value is -0.0400. The Balaban J connectivity index is 4.12. The van der Waals surface area contributed by atoms with Crippen LogP contribution in [0.3, 0.4) is 0 Å². The molecule has 0 spiro atoms. The van der Waals surface area contributed by atoms with Gasteiger partial charge in [-0.1, -0.05) is 66.2 Å². The summed E-state index contributed by atoms with van der Waals surface area (Å²) < 4.78 is 0. The van der Waals surface area contributed by atoms with Gasteiger partial charge in [0, 0.05) is 6.54 Å². The first-order valence-corrected chi connectivity index (χ1v) is 7.95. The van der Waals surface area contributed by atoms with E-state index in [1.54, 1.807) is 0 Å². The number of hydrogen-bond acceptors (Lipinski definition) is 1. The molecular weight excluding hydrogens is 206 g/mol. The highest BCUT2D eigenvalue weighted by Crippen LogP contribution is 2.34. The smallest absolute Gasteiger partial charge is 0.000759 e. The van der Waals surface area contributed by atoms with Crippen molar-refractivity contribution in [1.29, 1.82) is 0 Å². The maximum atomic E-state index is 3.59. The molecule has 0 saturated heterocycles. The average molecular weight is 241 g/mol. The summed E-state index contributed by atoms with van der Waals surface area (Å²) in [5.74, 6) is 0. The van der Waals surface area contributed by atoms with Crippen LogP contribution in [0.15, 0.2) is 0 Å². The number of rotatable bonds is 12. The summed E-state index contributed by atoms with van der Waals surface area (Å²) in [4.78, 5) is 0. The molecule has 0 aliphatic carbocycles. The molecule has 1 atom stereocenters. The van der Waals surface area contributed by atoms with Gasteiger partial charge in [0.05, 0.1) is 0 Å². The monoisotopic (exact) mass is 241 g/mol. The molecule has 0 radical (unpaired) electrons. The van der Waals surface area contributed by atoms with Crippen molar-refractivity contribution in [2.45, 2.75) is 85.5 Å². The first-order valence-electron chi connectivity index (χ1n) is 7.95. The Kier molecular flexibility index (Phi) is 11.0. The molecule has 1 unspecified atom stereocenters. The number of unbranched alkanes of at least 4 members (excludes halogenated alkanes) is 4. The van der Waals surface area contributed by atoms with Gasteiger partial charge in [0.15, 0.2) is 0 Å². The minimum absolute atomic E-state index is 0.583. The SMILES string of the molecule is CCCCCCC(CC)(CCCC)CNCC. The molecule has 0 aromatic carbocycles. The fraction of sp³-hybridized carbons (Fsp3) is 1.00. The first kappa shape index (κ1) is 17.0. The van der Waals surface area contributed by atoms with E-state index in [0.29, 0.717) is 5.41 Å². The topological polar surface area (TPSA) is 12.0 Å². The van der Waals surface area contributed by atoms with E-state index < -0.39 is 0 Å². The summed E-state index contributed by atoms with van der Waals surface area (Å²) >= 11 is 0. The van der Waals surface area contributed by atoms with Crippen molar-refractivity contribution in [2.24, 2.45) is 5.41 Å². The second-order valence-corrected chi connectivity index (χ2v) is 5.55. The average Bonchev–Trinajstić information content (AvgIpc) is 2.37. The Morgan fingerprint density at radius 3 is 1.94 bits per heavy atom. The van der Waals surface area contributed by atoms with Crippen LogP contribution >= 0.6 is 0 Å². The highest BCUT2D eigenvalue weighted by molar-refractivity contribution is 4.80. The van der Waals surface area contributed by atoms with Crippen LogP contribution in [0.2, 0.25) is 0 Å². The predicted octanol–water partition coefficient (Wildman–Crippen LogP) is 5.15. The zero-order valence-corrected chi connectivity index (χ0v) is 12.8. The Bertz CT molecular complexity index is 146. The molecule has 1 heteroatoms. The highest BCUT2D eigenvalue weighted by atomic mass is 14.9. The summed E-state index contributed by atoms with van der Waals surface area (Å²) in [5.41, 5.74) is 0.583. The van der Waals surface area contributed by atoms with Crippen LogP contribution in [0.4, 0.5) is 0 Å². The molecule has 0 amide bonds. The second kappa shape index (κ2) is 11.1. The molecule has 1 N–H and O–H groups in total. The summed E-state index contributed by atoms with van der Waals surface area (Å²) in [6, 6.07) is 0. The van der Waals surface area contributed by atoms with Crippen molar-refractivity contribution in [3.63, 3.8) is 0 Å². The summed E-state index contributed by atoms with van der Waals surface area (Å²) in [6.45, 7) is 11.5. The van der Waals surface area contributed by atoms with Crippen LogP contribution in [0.25, 0.3) is 0 Å². The lowest BCUT2D eigenvalue weighted by Gasteiger charge is -2.33. The lowest BCUT2D eigenvalue weighted by Crippen LogP contribution is -2.34. The fourth-order valence-electron chi connectivity index (χ4n) is 2.65. The minimum Gasteiger partial charge on any atom is -0.316 e. The van der Waals surface area contributed by atoms with Crippen LogP contribution in [0, 0.1) is 5.41 Å². The van der Waals surface area contributed by atoms with Gasteiger partial charge in [-0.15, -0.1) is 0 Å². The molecule has 17 heavy (non-hydrogen) atoms. The molecule has 0 aliphatic heterocycles. The van der Waals surface area contributed by atoms with E-state index in [9.17, 15) is 0 Å². The molecule has 0 aliphatic rings. The summed E-state index contributed by atoms with van der Waals surface area (Å²) in [5, 5.41) is 3.59. The highest BCUT2D eigenvalue weighted by Gasteiger charge is 2.26. The van der Waals surface area contributed by atoms with Gasteiger partial charge in [0.1, 0.15) is 0 Å². The zero-order chi connectivity index (χ0) is 13.0. The third-order valence-electron chi connectivity index (χ3n) is 4.12. The van der Waals surface area contributed by atoms with Gasteiger partial charge in [-0.25, -0.2) is 0 Å². The van der Waals surface area contributed by atoms with Crippen LogP contribution < -0.4 is 5.32 Å². The van der Waals surface area contributed by atoms with E-state index in [4.69, 9.17) is 0 Å². The van der Waals surface area contributed by atoms with Crippen molar-refractivity contribution in [3.05, 3.63) is 0 Å². The first-order chi connectivity index (χ1) is 8.24. The lowest BCUT2D eigenvalue weighted by molar-refractivity contribution is 0.206. The molecule has 0 fully saturated rings. The molecular formula is C16H35N. The molecule has 0 bridgehead atoms. The predicted molar refractivity (Wildman–Crippen MR) is 79.6 cm³/mol. The molecule has 0 aromatic rings. The Morgan fingerprint density at radius 2 is 1.41 bits per heavy atom. The van der Waals surface area contributed by atoms with Crippen molar-refractivity contribution < 1.29 is 0 Å². The second-order valence-electron chi connectivity index (χ2n) is 5.55. The molecule has 0 aromatic heterocycles. The lowest BCUT2D eigenvalue weighted by atomic mass is 9.76. The number of hydrogen-bond donors (Lipinski definition) is 1. The van der Waals surface area contributed by atoms with Gasteiger partial charge in [-0.2, -0.15) is 0 Å².